The number of nitrogens with one attached hydrogen (secondary N) is 2. The van der Waals surface area contributed by atoms with Crippen LogP contribution < -0.4 is 22.5 Å². The van der Waals surface area contributed by atoms with Crippen LogP contribution in [0.1, 0.15) is 30.5 Å². The molecule has 0 aromatic carbocycles. The third-order valence-corrected chi connectivity index (χ3v) is 4.31. The maximum atomic E-state index is 12.6. The van der Waals surface area contributed by atoms with E-state index in [-0.39, 0.29) is 43.4 Å². The van der Waals surface area contributed by atoms with Gasteiger partial charge in [-0.1, -0.05) is 27.2 Å². The van der Waals surface area contributed by atoms with Crippen LogP contribution in [0.15, 0.2) is 60.0 Å². The number of hydrogen-bond donors (Lipinski definition) is 4. The second-order valence-electron chi connectivity index (χ2n) is 6.93. The molecule has 2 amide bonds. The first-order chi connectivity index (χ1) is 16.1. The lowest BCUT2D eigenvalue weighted by Crippen LogP contribution is -2.44. The average molecular weight is 514 g/mol. The van der Waals surface area contributed by atoms with Gasteiger partial charge in [0.2, 0.25) is 0 Å². The molecule has 1 aromatic heterocycles. The van der Waals surface area contributed by atoms with Gasteiger partial charge in [0.15, 0.2) is 18.0 Å². The summed E-state index contributed by atoms with van der Waals surface area (Å²) in [4.78, 5) is 47.2. The molecule has 0 unspecified atom stereocenters. The van der Waals surface area contributed by atoms with E-state index >= 15 is 0 Å². The van der Waals surface area contributed by atoms with Crippen molar-refractivity contribution in [2.75, 3.05) is 46.1 Å². The Morgan fingerprint density at radius 1 is 1.25 bits per heavy atom. The van der Waals surface area contributed by atoms with Gasteiger partial charge in [-0.2, -0.15) is 0 Å². The second kappa shape index (κ2) is 19.2. The largest absolute Gasteiger partial charge is 0.399 e. The highest BCUT2D eigenvalue weighted by atomic mass is 16.2. The number of aliphatic imine (C=N–C) groups is 2. The van der Waals surface area contributed by atoms with Crippen LogP contribution in [0.2, 0.25) is 0 Å². The number of carbonyl (C=O) groups excluding carboxylic acids is 3. The maximum absolute atomic E-state index is 12.6. The fourth-order valence-electron chi connectivity index (χ4n) is 2.50. The number of carbonyl (C=O) groups is 3. The molecule has 0 aliphatic carbocycles. The van der Waals surface area contributed by atoms with Gasteiger partial charge < -0.3 is 36.9 Å². The summed E-state index contributed by atoms with van der Waals surface area (Å²) in [5.41, 5.74) is 6.45. The molecule has 7 N–H and O–H groups in total. The summed E-state index contributed by atoms with van der Waals surface area (Å²) in [6.07, 6.45) is 5.35. The molecule has 0 fully saturated rings. The minimum absolute atomic E-state index is 0. The van der Waals surface area contributed by atoms with Crippen LogP contribution in [0.5, 0.6) is 0 Å². The van der Waals surface area contributed by atoms with E-state index in [1.165, 1.54) is 24.2 Å². The summed E-state index contributed by atoms with van der Waals surface area (Å²) in [6.45, 7) is 13.2. The number of amides is 2. The van der Waals surface area contributed by atoms with Gasteiger partial charge in [-0.3, -0.25) is 24.4 Å². The van der Waals surface area contributed by atoms with Gasteiger partial charge in [0, 0.05) is 65.4 Å². The number of aryl methyl sites for hydroxylation is 1. The first-order valence-electron chi connectivity index (χ1n) is 10.4. The number of amidine groups is 2. The van der Waals surface area contributed by atoms with E-state index in [0.29, 0.717) is 36.5 Å². The summed E-state index contributed by atoms with van der Waals surface area (Å²) in [6, 6.07) is 1.58. The molecule has 0 spiro atoms. The number of likely N-dealkylation sites (N-methyl/N-ethyl adjacent to an activating group) is 2. The van der Waals surface area contributed by atoms with Crippen LogP contribution >= 0.6 is 0 Å². The predicted molar refractivity (Wildman–Crippen MR) is 158 cm³/mol. The van der Waals surface area contributed by atoms with Crippen LogP contribution in [0.3, 0.4) is 0 Å². The summed E-state index contributed by atoms with van der Waals surface area (Å²) in [7, 11) is 6.63. The van der Waals surface area contributed by atoms with E-state index in [2.05, 4.69) is 40.4 Å². The van der Waals surface area contributed by atoms with Crippen LogP contribution in [0.4, 0.5) is 5.69 Å². The first-order valence-corrected chi connectivity index (χ1v) is 10.4. The Balaban J connectivity index is -0.000000182. The molecule has 210 valence electrons. The van der Waals surface area contributed by atoms with Gasteiger partial charge >= 0.3 is 0 Å². The lowest BCUT2D eigenvalue weighted by Gasteiger charge is -2.21. The Morgan fingerprint density at radius 2 is 1.83 bits per heavy atom. The molecule has 0 atom stereocenters. The van der Waals surface area contributed by atoms with Crippen molar-refractivity contribution < 1.29 is 20.1 Å². The molecule has 1 rings (SSSR count). The first kappa shape index (κ1) is 36.4. The number of hydrogen-bond acceptors (Lipinski definition) is 7. The molecule has 1 heterocycles. The molecule has 0 aliphatic rings. The zero-order chi connectivity index (χ0) is 26.3. The average Bonchev–Trinajstić information content (AvgIpc) is 3.16. The normalized spacial score (nSPS) is 10.2. The number of aromatic nitrogens is 1. The lowest BCUT2D eigenvalue weighted by atomic mass is 10.3. The van der Waals surface area contributed by atoms with Gasteiger partial charge in [-0.05, 0) is 25.3 Å². The standard InChI is InChI=1S/C19H29N7O3.C4H7N.CH4.H3N.4H2/c1-7-21-17(19(29)23-14-11-15(13-27)26(6)12-14)25(5)10-9-22-18(28)16(20-3)24(4)8-2;1-3-4(2)5;;;;;;/h8,11-13H,2,7,9-10H2,1,3-6H3,(H,22,28)(H,23,29);3H,1-2,5H2;1H4;1H3;4*1H. The van der Waals surface area contributed by atoms with Crippen molar-refractivity contribution in [3.05, 3.63) is 55.7 Å². The molecule has 0 saturated carbocycles. The Labute approximate surface area is 220 Å². The molecule has 36 heavy (non-hydrogen) atoms. The highest BCUT2D eigenvalue weighted by molar-refractivity contribution is 6.42. The highest BCUT2D eigenvalue weighted by Gasteiger charge is 2.18. The topological polar surface area (TPSA) is 172 Å². The van der Waals surface area contributed by atoms with Gasteiger partial charge in [-0.15, -0.1) is 0 Å². The van der Waals surface area contributed by atoms with Crippen molar-refractivity contribution in [2.24, 2.45) is 22.8 Å². The predicted octanol–water partition coefficient (Wildman–Crippen LogP) is 2.77. The smallest absolute Gasteiger partial charge is 0.290 e. The third-order valence-electron chi connectivity index (χ3n) is 4.31. The summed E-state index contributed by atoms with van der Waals surface area (Å²) >= 11 is 0. The summed E-state index contributed by atoms with van der Waals surface area (Å²) < 4.78 is 1.62. The SMILES string of the molecule is C.C=CC(=C)N.C=CN(C)C(=NC)C(=O)NCCN(C)C(=NCC)C(=O)Nc1cc(C=O)n(C)c1.N.[HH].[HH].[HH].[HH]. The number of allylic oxidation sites excluding steroid dienone is 1. The highest BCUT2D eigenvalue weighted by Crippen LogP contribution is 2.11. The molecule has 0 bridgehead atoms. The molecular formula is C24H51N9O3. The number of anilines is 1. The molecule has 0 saturated heterocycles. The van der Waals surface area contributed by atoms with Gasteiger partial charge in [0.05, 0.1) is 11.4 Å². The van der Waals surface area contributed by atoms with Crippen LogP contribution in [-0.4, -0.2) is 84.9 Å². The van der Waals surface area contributed by atoms with Crippen molar-refractivity contribution in [2.45, 2.75) is 14.4 Å². The molecule has 12 heteroatoms. The fraction of sp³-hybridized carbons (Fsp3) is 0.375. The van der Waals surface area contributed by atoms with Gasteiger partial charge in [0.25, 0.3) is 11.8 Å². The Morgan fingerprint density at radius 3 is 2.25 bits per heavy atom. The van der Waals surface area contributed by atoms with Crippen LogP contribution in [0, 0.1) is 0 Å². The van der Waals surface area contributed by atoms with Gasteiger partial charge in [0.1, 0.15) is 0 Å². The second-order valence-corrected chi connectivity index (χ2v) is 6.93. The van der Waals surface area contributed by atoms with Crippen LogP contribution in [-0.2, 0) is 16.6 Å². The monoisotopic (exact) mass is 513 g/mol. The summed E-state index contributed by atoms with van der Waals surface area (Å²) in [5.74, 6) is -0.276. The zero-order valence-corrected chi connectivity index (χ0v) is 21.4. The van der Waals surface area contributed by atoms with Crippen molar-refractivity contribution in [1.82, 2.24) is 25.8 Å². The molecule has 0 aliphatic heterocycles. The third kappa shape index (κ3) is 12.3. The van der Waals surface area contributed by atoms with Crippen molar-refractivity contribution in [3.63, 3.8) is 0 Å². The minimum atomic E-state index is -0.397. The van der Waals surface area contributed by atoms with E-state index in [0.717, 1.165) is 0 Å². The van der Waals surface area contributed by atoms with E-state index in [1.54, 1.807) is 42.9 Å². The number of nitrogens with two attached hydrogens (primary N) is 1. The quantitative estimate of drug-likeness (QED) is 0.179. The zero-order valence-electron chi connectivity index (χ0n) is 21.4. The van der Waals surface area contributed by atoms with E-state index in [9.17, 15) is 14.4 Å². The number of rotatable bonds is 8. The van der Waals surface area contributed by atoms with E-state index < -0.39 is 5.91 Å². The number of aldehydes is 1. The van der Waals surface area contributed by atoms with Crippen molar-refractivity contribution in [3.8, 4) is 0 Å². The molecule has 12 nitrogen and oxygen atoms in total. The van der Waals surface area contributed by atoms with E-state index in [1.807, 2.05) is 6.92 Å². The lowest BCUT2D eigenvalue weighted by molar-refractivity contribution is -0.115. The fourth-order valence-corrected chi connectivity index (χ4v) is 2.50. The Bertz CT molecular complexity index is 967. The minimum Gasteiger partial charge on any atom is -0.399 e. The Kier molecular flexibility index (Phi) is 19.4. The maximum Gasteiger partial charge on any atom is 0.290 e. The van der Waals surface area contributed by atoms with Crippen LogP contribution in [0.25, 0.3) is 0 Å². The summed E-state index contributed by atoms with van der Waals surface area (Å²) in [5, 5.41) is 5.49. The molecule has 1 aromatic rings. The molecular weight excluding hydrogens is 462 g/mol. The van der Waals surface area contributed by atoms with Crippen molar-refractivity contribution >= 4 is 35.5 Å². The van der Waals surface area contributed by atoms with Gasteiger partial charge in [-0.25, -0.2) is 0 Å². The molecule has 0 radical (unpaired) electrons. The van der Waals surface area contributed by atoms with E-state index in [4.69, 9.17) is 5.73 Å². The number of nitrogens with zero attached hydrogens (tertiary/aromatic N) is 5. The van der Waals surface area contributed by atoms with Crippen molar-refractivity contribution in [1.29, 1.82) is 0 Å². The Hall–Kier alpha value is -4.19.